The van der Waals surface area contributed by atoms with Crippen molar-refractivity contribution >= 4 is 23.1 Å². The minimum absolute atomic E-state index is 0.538. The molecule has 8 nitrogen and oxygen atoms in total. The first-order valence-electron chi connectivity index (χ1n) is 11.6. The average molecular weight is 441 g/mol. The van der Waals surface area contributed by atoms with E-state index >= 15 is 0 Å². The molecule has 2 fully saturated rings. The Labute approximate surface area is 191 Å². The van der Waals surface area contributed by atoms with Crippen LogP contribution in [0, 0.1) is 5.92 Å². The average Bonchev–Trinajstić information content (AvgIpc) is 2.82. The topological polar surface area (TPSA) is 74.8 Å². The molecule has 32 heavy (non-hydrogen) atoms. The minimum Gasteiger partial charge on any atom is -0.497 e. The van der Waals surface area contributed by atoms with Gasteiger partial charge in [0.1, 0.15) is 11.5 Å². The summed E-state index contributed by atoms with van der Waals surface area (Å²) in [4.78, 5) is 14.1. The third-order valence-corrected chi connectivity index (χ3v) is 6.62. The highest BCUT2D eigenvalue weighted by Gasteiger charge is 2.32. The first kappa shape index (κ1) is 22.5. The molecule has 2 atom stereocenters. The molecule has 1 aromatic heterocycles. The van der Waals surface area contributed by atoms with E-state index in [-0.39, 0.29) is 0 Å². The minimum atomic E-state index is 0.538. The van der Waals surface area contributed by atoms with Gasteiger partial charge in [0.05, 0.1) is 26.1 Å². The van der Waals surface area contributed by atoms with Crippen molar-refractivity contribution in [3.63, 3.8) is 0 Å². The monoisotopic (exact) mass is 440 g/mol. The third-order valence-electron chi connectivity index (χ3n) is 6.62. The van der Waals surface area contributed by atoms with Crippen LogP contribution in [0.2, 0.25) is 0 Å². The van der Waals surface area contributed by atoms with Crippen molar-refractivity contribution < 1.29 is 9.47 Å². The number of ether oxygens (including phenoxy) is 2. The van der Waals surface area contributed by atoms with Gasteiger partial charge in [0.2, 0.25) is 5.95 Å². The number of aromatic nitrogens is 2. The Balaban J connectivity index is 1.51. The highest BCUT2D eigenvalue weighted by Crippen LogP contribution is 2.32. The second-order valence-corrected chi connectivity index (χ2v) is 8.93. The molecular weight excluding hydrogens is 404 g/mol. The molecule has 0 spiro atoms. The molecule has 1 aromatic carbocycles. The Kier molecular flexibility index (Phi) is 7.19. The van der Waals surface area contributed by atoms with Crippen molar-refractivity contribution in [1.29, 1.82) is 0 Å². The second kappa shape index (κ2) is 10.3. The number of fused-ring (bicyclic) bond motifs is 1. The van der Waals surface area contributed by atoms with Gasteiger partial charge in [-0.1, -0.05) is 6.42 Å². The molecule has 0 unspecified atom stereocenters. The highest BCUT2D eigenvalue weighted by molar-refractivity contribution is 5.68. The molecule has 8 heteroatoms. The number of hydrogen-bond acceptors (Lipinski definition) is 8. The lowest BCUT2D eigenvalue weighted by atomic mass is 9.83. The number of methoxy groups -OCH3 is 2. The Morgan fingerprint density at radius 1 is 1.03 bits per heavy atom. The zero-order valence-corrected chi connectivity index (χ0v) is 19.7. The fourth-order valence-electron chi connectivity index (χ4n) is 4.94. The summed E-state index contributed by atoms with van der Waals surface area (Å²) < 4.78 is 10.7. The molecule has 4 rings (SSSR count). The molecule has 0 aliphatic carbocycles. The standard InChI is InChI=1S/C24H36N6O2/c1-29(2)22-16-26-24(27-18-12-19(31-3)14-20(13-18)32-4)28-23(22)25-15-17-8-7-11-30-10-6-5-9-21(17)30/h12-14,16-17,21H,5-11,15H2,1-4H3,(H2,25,26,27,28)/t17-,21+/m0/s1. The number of nitrogens with zero attached hydrogens (tertiary/aromatic N) is 4. The Hall–Kier alpha value is -2.74. The van der Waals surface area contributed by atoms with Gasteiger partial charge < -0.3 is 29.9 Å². The summed E-state index contributed by atoms with van der Waals surface area (Å²) in [6.45, 7) is 3.46. The van der Waals surface area contributed by atoms with Crippen LogP contribution in [0.4, 0.5) is 23.1 Å². The summed E-state index contributed by atoms with van der Waals surface area (Å²) in [5.41, 5.74) is 1.80. The van der Waals surface area contributed by atoms with E-state index in [1.165, 1.54) is 45.2 Å². The van der Waals surface area contributed by atoms with Crippen LogP contribution in [0.1, 0.15) is 32.1 Å². The van der Waals surface area contributed by atoms with Gasteiger partial charge in [-0.2, -0.15) is 4.98 Å². The molecular formula is C24H36N6O2. The molecule has 174 valence electrons. The third kappa shape index (κ3) is 5.18. The van der Waals surface area contributed by atoms with Crippen LogP contribution in [0.3, 0.4) is 0 Å². The summed E-state index contributed by atoms with van der Waals surface area (Å²) in [5.74, 6) is 3.48. The van der Waals surface area contributed by atoms with Crippen LogP contribution in [0.15, 0.2) is 24.4 Å². The van der Waals surface area contributed by atoms with E-state index in [9.17, 15) is 0 Å². The van der Waals surface area contributed by atoms with Crippen LogP contribution in [0.5, 0.6) is 11.5 Å². The molecule has 0 saturated carbocycles. The van der Waals surface area contributed by atoms with Gasteiger partial charge in [0.15, 0.2) is 5.82 Å². The maximum Gasteiger partial charge on any atom is 0.229 e. The molecule has 3 heterocycles. The van der Waals surface area contributed by atoms with Gasteiger partial charge in [0.25, 0.3) is 0 Å². The largest absolute Gasteiger partial charge is 0.497 e. The second-order valence-electron chi connectivity index (χ2n) is 8.93. The number of piperidine rings is 2. The van der Waals surface area contributed by atoms with E-state index in [0.717, 1.165) is 23.7 Å². The lowest BCUT2D eigenvalue weighted by molar-refractivity contribution is 0.0649. The van der Waals surface area contributed by atoms with Crippen molar-refractivity contribution in [2.45, 2.75) is 38.1 Å². The zero-order valence-electron chi connectivity index (χ0n) is 19.7. The lowest BCUT2D eigenvalue weighted by Crippen LogP contribution is -2.49. The van der Waals surface area contributed by atoms with Crippen molar-refractivity contribution in [1.82, 2.24) is 14.9 Å². The number of rotatable bonds is 8. The van der Waals surface area contributed by atoms with Crippen LogP contribution in [-0.4, -0.2) is 68.9 Å². The molecule has 0 amide bonds. The number of anilines is 4. The highest BCUT2D eigenvalue weighted by atomic mass is 16.5. The lowest BCUT2D eigenvalue weighted by Gasteiger charge is -2.44. The molecule has 2 aliphatic rings. The maximum absolute atomic E-state index is 5.37. The summed E-state index contributed by atoms with van der Waals surface area (Å²) in [5, 5.41) is 6.95. The first-order valence-corrected chi connectivity index (χ1v) is 11.6. The van der Waals surface area contributed by atoms with Gasteiger partial charge in [-0.3, -0.25) is 0 Å². The zero-order chi connectivity index (χ0) is 22.5. The summed E-state index contributed by atoms with van der Waals surface area (Å²) in [6, 6.07) is 6.35. The van der Waals surface area contributed by atoms with E-state index in [4.69, 9.17) is 14.5 Å². The Bertz CT molecular complexity index is 882. The molecule has 0 bridgehead atoms. The van der Waals surface area contributed by atoms with Crippen molar-refractivity contribution in [2.75, 3.05) is 63.5 Å². The van der Waals surface area contributed by atoms with Crippen molar-refractivity contribution in [3.8, 4) is 11.5 Å². The normalized spacial score (nSPS) is 20.9. The summed E-state index contributed by atoms with van der Waals surface area (Å²) in [7, 11) is 7.32. The molecule has 0 radical (unpaired) electrons. The summed E-state index contributed by atoms with van der Waals surface area (Å²) in [6.07, 6.45) is 8.45. The van der Waals surface area contributed by atoms with Crippen LogP contribution in [-0.2, 0) is 0 Å². The van der Waals surface area contributed by atoms with Gasteiger partial charge in [-0.05, 0) is 44.7 Å². The van der Waals surface area contributed by atoms with Gasteiger partial charge >= 0.3 is 0 Å². The van der Waals surface area contributed by atoms with E-state index in [0.29, 0.717) is 29.4 Å². The Morgan fingerprint density at radius 2 is 1.78 bits per heavy atom. The van der Waals surface area contributed by atoms with Crippen LogP contribution >= 0.6 is 0 Å². The molecule has 2 N–H and O–H groups in total. The fraction of sp³-hybridized carbons (Fsp3) is 0.583. The van der Waals surface area contributed by atoms with Gasteiger partial charge in [-0.25, -0.2) is 4.98 Å². The Morgan fingerprint density at radius 3 is 2.50 bits per heavy atom. The fourth-order valence-corrected chi connectivity index (χ4v) is 4.94. The summed E-state index contributed by atoms with van der Waals surface area (Å²) >= 11 is 0. The van der Waals surface area contributed by atoms with E-state index in [1.54, 1.807) is 14.2 Å². The van der Waals surface area contributed by atoms with E-state index in [2.05, 4.69) is 25.4 Å². The maximum atomic E-state index is 5.37. The van der Waals surface area contributed by atoms with Crippen LogP contribution < -0.4 is 25.0 Å². The smallest absolute Gasteiger partial charge is 0.229 e. The molecule has 2 aliphatic heterocycles. The van der Waals surface area contributed by atoms with E-state index < -0.39 is 0 Å². The van der Waals surface area contributed by atoms with Gasteiger partial charge in [-0.15, -0.1) is 0 Å². The number of nitrogens with one attached hydrogen (secondary N) is 2. The van der Waals surface area contributed by atoms with Gasteiger partial charge in [0, 0.05) is 50.6 Å². The van der Waals surface area contributed by atoms with E-state index in [1.807, 2.05) is 38.5 Å². The predicted molar refractivity (Wildman–Crippen MR) is 130 cm³/mol. The van der Waals surface area contributed by atoms with Crippen molar-refractivity contribution in [3.05, 3.63) is 24.4 Å². The number of hydrogen-bond donors (Lipinski definition) is 2. The SMILES string of the molecule is COc1cc(Nc2ncc(N(C)C)c(NC[C@@H]3CCCN4CCCC[C@H]34)n2)cc(OC)c1. The van der Waals surface area contributed by atoms with Crippen molar-refractivity contribution in [2.24, 2.45) is 5.92 Å². The number of benzene rings is 1. The first-order chi connectivity index (χ1) is 15.6. The quantitative estimate of drug-likeness (QED) is 0.639. The molecule has 2 aromatic rings. The molecule has 2 saturated heterocycles. The predicted octanol–water partition coefficient (Wildman–Crippen LogP) is 3.98. The van der Waals surface area contributed by atoms with Crippen LogP contribution in [0.25, 0.3) is 0 Å².